The molecule has 200 valence electrons. The summed E-state index contributed by atoms with van der Waals surface area (Å²) in [4.78, 5) is 16.5. The molecule has 1 aromatic heterocycles. The lowest BCUT2D eigenvalue weighted by molar-refractivity contribution is 0.343. The van der Waals surface area contributed by atoms with Crippen molar-refractivity contribution in [2.45, 2.75) is 76.1 Å². The van der Waals surface area contributed by atoms with Gasteiger partial charge in [-0.25, -0.2) is 4.98 Å². The van der Waals surface area contributed by atoms with E-state index in [0.717, 1.165) is 16.8 Å². The van der Waals surface area contributed by atoms with Crippen LogP contribution in [0, 0.1) is 0 Å². The van der Waals surface area contributed by atoms with E-state index in [1.807, 2.05) is 88.4 Å². The van der Waals surface area contributed by atoms with E-state index in [9.17, 15) is 14.5 Å². The minimum absolute atomic E-state index is 0.0160. The van der Waals surface area contributed by atoms with Gasteiger partial charge in [0.25, 0.3) is 8.32 Å². The van der Waals surface area contributed by atoms with Crippen molar-refractivity contribution in [2.75, 3.05) is 0 Å². The predicted molar refractivity (Wildman–Crippen MR) is 157 cm³/mol. The third kappa shape index (κ3) is 6.41. The highest BCUT2D eigenvalue weighted by Crippen LogP contribution is 2.43. The molecule has 8 heteroatoms. The fraction of sp³-hybridized carbons (Fsp3) is 0.414. The number of aromatic nitrogens is 1. The first-order valence-corrected chi connectivity index (χ1v) is 16.1. The van der Waals surface area contributed by atoms with Gasteiger partial charge in [-0.1, -0.05) is 92.5 Å². The summed E-state index contributed by atoms with van der Waals surface area (Å²) in [6, 6.07) is 21.7. The van der Waals surface area contributed by atoms with Gasteiger partial charge in [0, 0.05) is 23.1 Å². The Bertz CT molecular complexity index is 1140. The Morgan fingerprint density at radius 2 is 1.41 bits per heavy atom. The minimum atomic E-state index is -3.15. The molecule has 37 heavy (non-hydrogen) atoms. The first-order chi connectivity index (χ1) is 17.2. The number of aromatic hydroxyl groups is 1. The quantitative estimate of drug-likeness (QED) is 0.176. The minimum Gasteiger partial charge on any atom is -0.598 e. The molecule has 0 aliphatic rings. The van der Waals surface area contributed by atoms with Crippen LogP contribution in [-0.2, 0) is 16.9 Å². The van der Waals surface area contributed by atoms with Crippen LogP contribution in [0.1, 0.15) is 66.4 Å². The summed E-state index contributed by atoms with van der Waals surface area (Å²) in [5.74, 6) is -0.108. The summed E-state index contributed by atoms with van der Waals surface area (Å²) in [6.45, 7) is 11.9. The van der Waals surface area contributed by atoms with E-state index in [1.165, 1.54) is 0 Å². The predicted octanol–water partition coefficient (Wildman–Crippen LogP) is 5.41. The molecule has 0 spiro atoms. The highest BCUT2D eigenvalue weighted by Gasteiger charge is 2.50. The van der Waals surface area contributed by atoms with Crippen molar-refractivity contribution in [3.8, 4) is 5.75 Å². The highest BCUT2D eigenvalue weighted by atomic mass is 35.5. The van der Waals surface area contributed by atoms with Gasteiger partial charge in [-0.3, -0.25) is 0 Å². The largest absolute Gasteiger partial charge is 0.598 e. The number of benzene rings is 2. The smallest absolute Gasteiger partial charge is 0.258 e. The van der Waals surface area contributed by atoms with E-state index >= 15 is 0 Å². The zero-order valence-electron chi connectivity index (χ0n) is 22.6. The Hall–Kier alpha value is -1.87. The molecule has 2 atom stereocenters. The molecule has 0 aliphatic heterocycles. The molecule has 1 heterocycles. The van der Waals surface area contributed by atoms with E-state index < -0.39 is 35.0 Å². The van der Waals surface area contributed by atoms with Crippen molar-refractivity contribution in [2.24, 2.45) is 0 Å². The van der Waals surface area contributed by atoms with E-state index in [1.54, 1.807) is 12.3 Å². The topological polar surface area (TPSA) is 88.4 Å². The molecule has 0 saturated carbocycles. The molecule has 0 amide bonds. The van der Waals surface area contributed by atoms with Gasteiger partial charge in [-0.2, -0.15) is 0 Å². The summed E-state index contributed by atoms with van der Waals surface area (Å²) in [7, 11) is -3.15. The van der Waals surface area contributed by atoms with Gasteiger partial charge in [0.05, 0.1) is 5.54 Å². The van der Waals surface area contributed by atoms with Crippen LogP contribution in [0.3, 0.4) is 0 Å². The number of nitrogens with zero attached hydrogens (tertiary/aromatic N) is 1. The first kappa shape index (κ1) is 29.7. The second-order valence-electron chi connectivity index (χ2n) is 11.5. The number of hydrogen-bond acceptors (Lipinski definition) is 5. The molecule has 2 unspecified atom stereocenters. The van der Waals surface area contributed by atoms with Crippen LogP contribution in [0.2, 0.25) is 10.2 Å². The van der Waals surface area contributed by atoms with Crippen LogP contribution in [0.5, 0.6) is 5.75 Å². The first-order valence-electron chi connectivity index (χ1n) is 12.6. The molecular formula is C29H39ClN2O3SSi. The zero-order chi connectivity index (χ0) is 27.5. The fourth-order valence-electron chi connectivity index (χ4n) is 4.84. The molecule has 0 saturated heterocycles. The lowest BCUT2D eigenvalue weighted by Crippen LogP contribution is -2.65. The molecule has 3 aromatic rings. The third-order valence-corrected chi connectivity index (χ3v) is 13.8. The summed E-state index contributed by atoms with van der Waals surface area (Å²) in [6.07, 6.45) is 3.56. The summed E-state index contributed by atoms with van der Waals surface area (Å²) in [5, 5.41) is 12.3. The number of rotatable bonds is 10. The zero-order valence-corrected chi connectivity index (χ0v) is 25.2. The number of hydrogen-bond donors (Lipinski definition) is 3. The van der Waals surface area contributed by atoms with E-state index in [4.69, 9.17) is 11.6 Å². The molecular weight excluding hydrogens is 520 g/mol. The molecule has 0 radical (unpaired) electrons. The van der Waals surface area contributed by atoms with Crippen LogP contribution >= 0.6 is 11.6 Å². The van der Waals surface area contributed by atoms with Gasteiger partial charge in [-0.05, 0) is 62.0 Å². The van der Waals surface area contributed by atoms with Crippen molar-refractivity contribution < 1.29 is 14.5 Å². The van der Waals surface area contributed by atoms with Gasteiger partial charge in [-0.15, -0.1) is 4.72 Å². The maximum Gasteiger partial charge on any atom is 0.258 e. The highest BCUT2D eigenvalue weighted by molar-refractivity contribution is 7.90. The van der Waals surface area contributed by atoms with Gasteiger partial charge < -0.3 is 14.5 Å². The van der Waals surface area contributed by atoms with Crippen LogP contribution in [0.4, 0.5) is 0 Å². The van der Waals surface area contributed by atoms with Crippen LogP contribution in [0.25, 0.3) is 0 Å². The Balaban J connectivity index is 1.94. The van der Waals surface area contributed by atoms with Gasteiger partial charge in [0.1, 0.15) is 4.75 Å². The lowest BCUT2D eigenvalue weighted by atomic mass is 9.86. The molecule has 3 rings (SSSR count). The molecule has 0 aliphatic carbocycles. The van der Waals surface area contributed by atoms with E-state index in [-0.39, 0.29) is 10.9 Å². The maximum atomic E-state index is 13.2. The van der Waals surface area contributed by atoms with Crippen molar-refractivity contribution in [3.63, 3.8) is 0 Å². The average molecular weight is 559 g/mol. The lowest BCUT2D eigenvalue weighted by Gasteiger charge is -2.42. The number of pyridine rings is 1. The third-order valence-electron chi connectivity index (χ3n) is 7.19. The van der Waals surface area contributed by atoms with Crippen LogP contribution in [-0.4, -0.2) is 32.5 Å². The van der Waals surface area contributed by atoms with Gasteiger partial charge >= 0.3 is 0 Å². The maximum absolute atomic E-state index is 13.2. The summed E-state index contributed by atoms with van der Waals surface area (Å²) in [5.41, 5.74) is -0.272. The normalized spacial score (nSPS) is 15.3. The average Bonchev–Trinajstić information content (AvgIpc) is 2.85. The van der Waals surface area contributed by atoms with Crippen LogP contribution < -0.4 is 15.1 Å². The van der Waals surface area contributed by atoms with E-state index in [2.05, 4.69) is 23.6 Å². The van der Waals surface area contributed by atoms with Gasteiger partial charge in [0.15, 0.2) is 10.9 Å². The van der Waals surface area contributed by atoms with Crippen molar-refractivity contribution in [1.29, 1.82) is 0 Å². The Morgan fingerprint density at radius 1 is 0.892 bits per heavy atom. The molecule has 3 N–H and O–H groups in total. The van der Waals surface area contributed by atoms with Crippen molar-refractivity contribution >= 4 is 41.7 Å². The van der Waals surface area contributed by atoms with Crippen LogP contribution in [0.15, 0.2) is 72.9 Å². The molecule has 0 fully saturated rings. The second-order valence-corrected chi connectivity index (χ2v) is 17.7. The number of halogens is 1. The van der Waals surface area contributed by atoms with Crippen molar-refractivity contribution in [1.82, 2.24) is 9.71 Å². The second kappa shape index (κ2) is 11.5. The standard InChI is InChI=1S/C29H39ClN2O3SSi/c1-27(2,3)36(34)32-29(6,24-18-21-31-26(30)25(24)33)20-13-19-28(4,5)37(35,22-14-9-7-10-15-22)23-16-11-8-12-17-23/h7-12,14-18,21,32-33,35H,13,19-20H2,1-6H3. The van der Waals surface area contributed by atoms with Crippen molar-refractivity contribution in [3.05, 3.63) is 83.6 Å². The Morgan fingerprint density at radius 3 is 1.89 bits per heavy atom. The Kier molecular flexibility index (Phi) is 9.21. The fourth-order valence-corrected chi connectivity index (χ4v) is 9.71. The SMILES string of the molecule is CC(CCCC(C)(C)[Si](O)(c1ccccc1)c1ccccc1)(N[S+]([O-])C(C)(C)C)c1ccnc(Cl)c1O. The van der Waals surface area contributed by atoms with Gasteiger partial charge in [0.2, 0.25) is 0 Å². The van der Waals surface area contributed by atoms with E-state index in [0.29, 0.717) is 18.4 Å². The molecule has 0 bridgehead atoms. The molecule has 5 nitrogen and oxygen atoms in total. The number of nitrogens with one attached hydrogen (secondary N) is 1. The monoisotopic (exact) mass is 558 g/mol. The summed E-state index contributed by atoms with van der Waals surface area (Å²) >= 11 is 4.77. The Labute approximate surface area is 230 Å². The summed E-state index contributed by atoms with van der Waals surface area (Å²) < 4.78 is 16.0. The molecule has 2 aromatic carbocycles.